The van der Waals surface area contributed by atoms with E-state index in [0.717, 1.165) is 38.5 Å². The molecule has 6 unspecified atom stereocenters. The topological polar surface area (TPSA) is 192 Å². The number of unbranched alkanes of at least 4 members (excludes halogenated alkanes) is 28. The van der Waals surface area contributed by atoms with Gasteiger partial charge in [-0.3, -0.25) is 13.8 Å². The van der Waals surface area contributed by atoms with Crippen LogP contribution >= 0.6 is 7.82 Å². The summed E-state index contributed by atoms with van der Waals surface area (Å²) in [7, 11) is -5.01. The molecule has 1 fully saturated rings. The first-order valence-corrected chi connectivity index (χ1v) is 24.9. The van der Waals surface area contributed by atoms with Crippen molar-refractivity contribution in [1.82, 2.24) is 0 Å². The van der Waals surface area contributed by atoms with Crippen LogP contribution in [0.1, 0.15) is 213 Å². The fourth-order valence-electron chi connectivity index (χ4n) is 7.47. The minimum atomic E-state index is -5.01. The number of phosphoric acid groups is 1. The van der Waals surface area contributed by atoms with Gasteiger partial charge in [-0.05, 0) is 12.8 Å². The molecule has 1 aliphatic carbocycles. The summed E-state index contributed by atoms with van der Waals surface area (Å²) < 4.78 is 34.2. The van der Waals surface area contributed by atoms with E-state index in [0.29, 0.717) is 13.0 Å². The van der Waals surface area contributed by atoms with Gasteiger partial charge >= 0.3 is 13.8 Å². The molecule has 0 aromatic carbocycles. The molecule has 6 N–H and O–H groups in total. The van der Waals surface area contributed by atoms with Crippen molar-refractivity contribution >= 4 is 13.8 Å². The standard InChI is InChI=1S/C44H87O12P/c1-3-5-7-9-11-13-15-17-19-20-22-24-26-28-30-32-34-53-35-37(36-54-57(51,52)56-44-42(49)40(47)39(46)41(48)43(44)50)55-38(45)33-31-29-27-25-23-21-18-16-14-12-10-8-6-4-2/h37,39-44,46-50H,3-36H2,1-2H3,(H,51,52). The molecule has 1 aliphatic rings. The second-order valence-electron chi connectivity index (χ2n) is 16.6. The fourth-order valence-corrected chi connectivity index (χ4v) is 8.45. The van der Waals surface area contributed by atoms with Gasteiger partial charge in [0.2, 0.25) is 0 Å². The Labute approximate surface area is 346 Å². The highest BCUT2D eigenvalue weighted by Crippen LogP contribution is 2.47. The van der Waals surface area contributed by atoms with Gasteiger partial charge in [0.05, 0.1) is 13.2 Å². The molecule has 1 rings (SSSR count). The van der Waals surface area contributed by atoms with Crippen LogP contribution in [0.4, 0.5) is 0 Å². The van der Waals surface area contributed by atoms with Gasteiger partial charge in [0.25, 0.3) is 0 Å². The van der Waals surface area contributed by atoms with Crippen molar-refractivity contribution in [2.75, 3.05) is 19.8 Å². The van der Waals surface area contributed by atoms with Gasteiger partial charge in [-0.25, -0.2) is 4.57 Å². The number of rotatable bonds is 40. The molecule has 6 atom stereocenters. The van der Waals surface area contributed by atoms with E-state index in [1.807, 2.05) is 0 Å². The van der Waals surface area contributed by atoms with Gasteiger partial charge in [-0.2, -0.15) is 0 Å². The maximum atomic E-state index is 12.8. The van der Waals surface area contributed by atoms with Crippen molar-refractivity contribution in [2.45, 2.75) is 256 Å². The summed E-state index contributed by atoms with van der Waals surface area (Å²) in [5.41, 5.74) is 0. The highest BCUT2D eigenvalue weighted by molar-refractivity contribution is 7.47. The predicted octanol–water partition coefficient (Wildman–Crippen LogP) is 9.37. The van der Waals surface area contributed by atoms with Crippen LogP contribution in [0.2, 0.25) is 0 Å². The number of aliphatic hydroxyl groups is 5. The molecular formula is C44H87O12P. The number of ether oxygens (including phenoxy) is 2. The maximum Gasteiger partial charge on any atom is 0.472 e. The number of hydrogen-bond donors (Lipinski definition) is 6. The van der Waals surface area contributed by atoms with E-state index < -0.39 is 63.1 Å². The zero-order valence-corrected chi connectivity index (χ0v) is 37.1. The lowest BCUT2D eigenvalue weighted by molar-refractivity contribution is -0.220. The molecule has 13 heteroatoms. The molecule has 0 aromatic rings. The van der Waals surface area contributed by atoms with Crippen molar-refractivity contribution in [3.8, 4) is 0 Å². The second kappa shape index (κ2) is 36.0. The van der Waals surface area contributed by atoms with E-state index in [9.17, 15) is 39.8 Å². The van der Waals surface area contributed by atoms with Crippen LogP contribution in [0.5, 0.6) is 0 Å². The van der Waals surface area contributed by atoms with Crippen molar-refractivity contribution in [1.29, 1.82) is 0 Å². The summed E-state index contributed by atoms with van der Waals surface area (Å²) in [5.74, 6) is -0.472. The number of hydrogen-bond acceptors (Lipinski definition) is 11. The Balaban J connectivity index is 2.37. The van der Waals surface area contributed by atoms with Gasteiger partial charge < -0.3 is 39.9 Å². The van der Waals surface area contributed by atoms with Gasteiger partial charge in [0, 0.05) is 13.0 Å². The first-order chi connectivity index (χ1) is 27.5. The summed E-state index contributed by atoms with van der Waals surface area (Å²) in [5, 5.41) is 50.1. The summed E-state index contributed by atoms with van der Waals surface area (Å²) in [6.45, 7) is 4.29. The summed E-state index contributed by atoms with van der Waals surface area (Å²) in [6, 6.07) is 0. The molecular weight excluding hydrogens is 751 g/mol. The average Bonchev–Trinajstić information content (AvgIpc) is 3.19. The van der Waals surface area contributed by atoms with Gasteiger partial charge in [-0.1, -0.05) is 194 Å². The van der Waals surface area contributed by atoms with Crippen LogP contribution in [0, 0.1) is 0 Å². The highest BCUT2D eigenvalue weighted by Gasteiger charge is 2.51. The number of carbonyl (C=O) groups excluding carboxylic acids is 1. The van der Waals surface area contributed by atoms with Gasteiger partial charge in [-0.15, -0.1) is 0 Å². The molecule has 340 valence electrons. The Morgan fingerprint density at radius 3 is 1.21 bits per heavy atom. The summed E-state index contributed by atoms with van der Waals surface area (Å²) >= 11 is 0. The average molecular weight is 839 g/mol. The molecule has 0 saturated heterocycles. The first kappa shape index (κ1) is 54.4. The molecule has 0 bridgehead atoms. The van der Waals surface area contributed by atoms with E-state index in [4.69, 9.17) is 18.5 Å². The molecule has 0 heterocycles. The SMILES string of the molecule is CCCCCCCCCCCCCCCCCCOCC(COP(=O)(O)OC1C(O)C(O)C(O)C(O)C1O)OC(=O)CCCCCCCCCCCCCCCC. The number of aliphatic hydroxyl groups excluding tert-OH is 5. The van der Waals surface area contributed by atoms with Gasteiger partial charge in [0.1, 0.15) is 42.7 Å². The monoisotopic (exact) mass is 839 g/mol. The van der Waals surface area contributed by atoms with E-state index in [1.165, 1.54) is 148 Å². The number of phosphoric ester groups is 1. The summed E-state index contributed by atoms with van der Waals surface area (Å²) in [6.07, 6.45) is 24.5. The second-order valence-corrected chi connectivity index (χ2v) is 18.0. The maximum absolute atomic E-state index is 12.8. The normalized spacial score (nSPS) is 22.7. The lowest BCUT2D eigenvalue weighted by atomic mass is 9.85. The zero-order valence-electron chi connectivity index (χ0n) is 36.2. The Hall–Kier alpha value is -0.660. The van der Waals surface area contributed by atoms with Crippen LogP contribution < -0.4 is 0 Å². The van der Waals surface area contributed by atoms with Crippen molar-refractivity contribution < 1.29 is 58.3 Å². The van der Waals surface area contributed by atoms with E-state index in [2.05, 4.69) is 13.8 Å². The van der Waals surface area contributed by atoms with Crippen molar-refractivity contribution in [3.05, 3.63) is 0 Å². The van der Waals surface area contributed by atoms with Crippen LogP contribution in [0.3, 0.4) is 0 Å². The van der Waals surface area contributed by atoms with Crippen LogP contribution in [-0.2, 0) is 27.9 Å². The smallest absolute Gasteiger partial charge is 0.457 e. The van der Waals surface area contributed by atoms with Crippen molar-refractivity contribution in [2.24, 2.45) is 0 Å². The molecule has 0 radical (unpaired) electrons. The van der Waals surface area contributed by atoms with Crippen molar-refractivity contribution in [3.63, 3.8) is 0 Å². The Kier molecular flexibility index (Phi) is 34.4. The highest BCUT2D eigenvalue weighted by atomic mass is 31.2. The van der Waals surface area contributed by atoms with Gasteiger partial charge in [0.15, 0.2) is 0 Å². The molecule has 0 amide bonds. The Bertz CT molecular complexity index is 958. The minimum Gasteiger partial charge on any atom is -0.457 e. The van der Waals surface area contributed by atoms with Crippen LogP contribution in [-0.4, -0.2) is 98.9 Å². The Morgan fingerprint density at radius 1 is 0.491 bits per heavy atom. The van der Waals surface area contributed by atoms with Crippen LogP contribution in [0.15, 0.2) is 0 Å². The molecule has 0 aromatic heterocycles. The lowest BCUT2D eigenvalue weighted by Crippen LogP contribution is -2.64. The quantitative estimate of drug-likeness (QED) is 0.0195. The summed E-state index contributed by atoms with van der Waals surface area (Å²) in [4.78, 5) is 23.1. The predicted molar refractivity (Wildman–Crippen MR) is 226 cm³/mol. The molecule has 12 nitrogen and oxygen atoms in total. The molecule has 0 aliphatic heterocycles. The van der Waals surface area contributed by atoms with Crippen LogP contribution in [0.25, 0.3) is 0 Å². The fraction of sp³-hybridized carbons (Fsp3) is 0.977. The Morgan fingerprint density at radius 2 is 0.825 bits per heavy atom. The number of carbonyl (C=O) groups is 1. The molecule has 1 saturated carbocycles. The van der Waals surface area contributed by atoms with E-state index in [1.54, 1.807) is 0 Å². The lowest BCUT2D eigenvalue weighted by Gasteiger charge is -2.41. The molecule has 57 heavy (non-hydrogen) atoms. The number of esters is 1. The van der Waals surface area contributed by atoms with E-state index in [-0.39, 0.29) is 13.0 Å². The first-order valence-electron chi connectivity index (χ1n) is 23.4. The third kappa shape index (κ3) is 28.5. The largest absolute Gasteiger partial charge is 0.472 e. The molecule has 0 spiro atoms. The van der Waals surface area contributed by atoms with E-state index >= 15 is 0 Å². The zero-order chi connectivity index (χ0) is 42.0. The third-order valence-corrected chi connectivity index (χ3v) is 12.2. The minimum absolute atomic E-state index is 0.0679. The third-order valence-electron chi connectivity index (χ3n) is 11.2.